The first kappa shape index (κ1) is 38.0. The summed E-state index contributed by atoms with van der Waals surface area (Å²) in [6.45, 7) is 23.1. The topological polar surface area (TPSA) is 121 Å². The molecule has 5 aliphatic carbocycles. The third-order valence-electron chi connectivity index (χ3n) is 16.1. The number of fused-ring (bicyclic) bond motifs is 6. The minimum atomic E-state index is -1.17. The number of amides is 2. The molecule has 6 aliphatic rings. The van der Waals surface area contributed by atoms with Gasteiger partial charge in [0.1, 0.15) is 11.9 Å². The largest absolute Gasteiger partial charge is 0.481 e. The molecule has 4 saturated carbocycles. The molecule has 2 amide bonds. The number of carbonyl (C=O) groups is 5. The molecule has 1 saturated heterocycles. The van der Waals surface area contributed by atoms with Crippen molar-refractivity contribution in [3.8, 4) is 0 Å². The predicted molar refractivity (Wildman–Crippen MR) is 194 cm³/mol. The van der Waals surface area contributed by atoms with Crippen molar-refractivity contribution in [2.45, 2.75) is 140 Å². The van der Waals surface area contributed by atoms with Crippen molar-refractivity contribution in [2.24, 2.45) is 56.2 Å². The lowest BCUT2D eigenvalue weighted by atomic mass is 9.34. The minimum Gasteiger partial charge on any atom is -0.481 e. The zero-order chi connectivity index (χ0) is 37.7. The fourth-order valence-electron chi connectivity index (χ4n) is 13.1. The number of hydrogen-bond donors (Lipinski definition) is 1. The summed E-state index contributed by atoms with van der Waals surface area (Å²) in [5, 5.41) is 9.60. The second kappa shape index (κ2) is 12.4. The SMILES string of the molecule is CC(=O)N1CCN(C(=O)[C@@]23CC[C@]4(C)C(=C2C(C(C)C)C(=O)C3)CC[C@@H]2[C@@]3(C)CC[C@H](OC(=O)CC(C)(C)C(=O)O)C(C)(C)[C@@H]3CC[C@]24C)CC1. The van der Waals surface area contributed by atoms with Crippen LogP contribution in [0.15, 0.2) is 11.1 Å². The molecule has 9 nitrogen and oxygen atoms in total. The first-order valence-electron chi connectivity index (χ1n) is 19.8. The average Bonchev–Trinajstić information content (AvgIpc) is 3.35. The summed E-state index contributed by atoms with van der Waals surface area (Å²) in [5.41, 5.74) is 0.235. The van der Waals surface area contributed by atoms with E-state index in [1.54, 1.807) is 20.8 Å². The number of aliphatic carboxylic acids is 1. The first-order valence-corrected chi connectivity index (χ1v) is 19.8. The van der Waals surface area contributed by atoms with Gasteiger partial charge in [-0.25, -0.2) is 0 Å². The van der Waals surface area contributed by atoms with Gasteiger partial charge in [-0.15, -0.1) is 0 Å². The number of ether oxygens (including phenoxy) is 1. The van der Waals surface area contributed by atoms with Gasteiger partial charge in [0.15, 0.2) is 0 Å². The van der Waals surface area contributed by atoms with Crippen LogP contribution >= 0.6 is 0 Å². The number of carboxylic acids is 1. The zero-order valence-corrected chi connectivity index (χ0v) is 33.1. The van der Waals surface area contributed by atoms with Crippen LogP contribution in [0, 0.1) is 56.2 Å². The second-order valence-corrected chi connectivity index (χ2v) is 19.8. The van der Waals surface area contributed by atoms with Gasteiger partial charge in [-0.3, -0.25) is 24.0 Å². The van der Waals surface area contributed by atoms with Crippen LogP contribution in [0.5, 0.6) is 0 Å². The van der Waals surface area contributed by atoms with Gasteiger partial charge in [-0.1, -0.05) is 54.0 Å². The summed E-state index contributed by atoms with van der Waals surface area (Å²) in [4.78, 5) is 69.5. The quantitative estimate of drug-likeness (QED) is 0.232. The van der Waals surface area contributed by atoms with E-state index in [2.05, 4.69) is 48.5 Å². The Morgan fingerprint density at radius 3 is 2.10 bits per heavy atom. The van der Waals surface area contributed by atoms with Crippen LogP contribution in [0.25, 0.3) is 0 Å². The van der Waals surface area contributed by atoms with Gasteiger partial charge in [0.05, 0.1) is 17.3 Å². The molecule has 1 unspecified atom stereocenters. The predicted octanol–water partition coefficient (Wildman–Crippen LogP) is 7.07. The maximum Gasteiger partial charge on any atom is 0.309 e. The van der Waals surface area contributed by atoms with Crippen molar-refractivity contribution in [3.63, 3.8) is 0 Å². The van der Waals surface area contributed by atoms with Gasteiger partial charge >= 0.3 is 11.9 Å². The highest BCUT2D eigenvalue weighted by Gasteiger charge is 2.70. The Hall–Kier alpha value is -2.71. The van der Waals surface area contributed by atoms with E-state index in [9.17, 15) is 29.1 Å². The van der Waals surface area contributed by atoms with Crippen LogP contribution in [0.2, 0.25) is 0 Å². The van der Waals surface area contributed by atoms with E-state index in [-0.39, 0.29) is 63.6 Å². The van der Waals surface area contributed by atoms with Crippen molar-refractivity contribution >= 4 is 29.5 Å². The molecule has 0 bridgehead atoms. The molecule has 0 aromatic carbocycles. The summed E-state index contributed by atoms with van der Waals surface area (Å²) < 4.78 is 6.15. The highest BCUT2D eigenvalue weighted by Crippen LogP contribution is 2.76. The Morgan fingerprint density at radius 1 is 0.882 bits per heavy atom. The van der Waals surface area contributed by atoms with E-state index in [1.165, 1.54) is 11.1 Å². The maximum atomic E-state index is 14.8. The molecule has 1 heterocycles. The lowest BCUT2D eigenvalue weighted by Gasteiger charge is -2.70. The number of nitrogens with zero attached hydrogens (tertiary/aromatic N) is 2. The number of hydrogen-bond acceptors (Lipinski definition) is 6. The molecule has 5 fully saturated rings. The van der Waals surface area contributed by atoms with E-state index in [0.29, 0.717) is 50.9 Å². The van der Waals surface area contributed by atoms with Crippen molar-refractivity contribution in [3.05, 3.63) is 11.1 Å². The minimum absolute atomic E-state index is 0.0145. The van der Waals surface area contributed by atoms with Crippen molar-refractivity contribution in [1.82, 2.24) is 9.80 Å². The van der Waals surface area contributed by atoms with Crippen LogP contribution in [0.3, 0.4) is 0 Å². The first-order chi connectivity index (χ1) is 23.6. The number of esters is 1. The lowest BCUT2D eigenvalue weighted by molar-refractivity contribution is -0.214. The number of allylic oxidation sites excluding steroid dienone is 1. The van der Waals surface area contributed by atoms with Crippen LogP contribution in [0.1, 0.15) is 133 Å². The fourth-order valence-corrected chi connectivity index (χ4v) is 13.1. The van der Waals surface area contributed by atoms with E-state index in [4.69, 9.17) is 4.74 Å². The summed E-state index contributed by atoms with van der Waals surface area (Å²) in [6.07, 6.45) is 7.16. The molecule has 51 heavy (non-hydrogen) atoms. The molecule has 8 atom stereocenters. The highest BCUT2D eigenvalue weighted by molar-refractivity contribution is 6.00. The molecule has 0 aromatic heterocycles. The Bertz CT molecular complexity index is 1540. The van der Waals surface area contributed by atoms with Gasteiger partial charge in [-0.05, 0) is 105 Å². The van der Waals surface area contributed by atoms with E-state index >= 15 is 0 Å². The van der Waals surface area contributed by atoms with Crippen molar-refractivity contribution < 1.29 is 33.8 Å². The fraction of sp³-hybridized carbons (Fsp3) is 0.833. The Kier molecular flexibility index (Phi) is 9.27. The number of piperazine rings is 1. The molecule has 0 spiro atoms. The Labute approximate surface area is 305 Å². The number of carboxylic acid groups (broad SMARTS) is 1. The summed E-state index contributed by atoms with van der Waals surface area (Å²) in [7, 11) is 0. The summed E-state index contributed by atoms with van der Waals surface area (Å²) >= 11 is 0. The molecule has 0 aromatic rings. The Balaban J connectivity index is 1.32. The smallest absolute Gasteiger partial charge is 0.309 e. The molecule has 1 N–H and O–H groups in total. The molecular weight excluding hydrogens is 644 g/mol. The van der Waals surface area contributed by atoms with Gasteiger partial charge in [0.2, 0.25) is 11.8 Å². The Morgan fingerprint density at radius 2 is 1.51 bits per heavy atom. The highest BCUT2D eigenvalue weighted by atomic mass is 16.5. The average molecular weight is 709 g/mol. The monoisotopic (exact) mass is 708 g/mol. The van der Waals surface area contributed by atoms with Gasteiger partial charge in [-0.2, -0.15) is 0 Å². The second-order valence-electron chi connectivity index (χ2n) is 19.8. The van der Waals surface area contributed by atoms with Gasteiger partial charge in [0.25, 0.3) is 0 Å². The van der Waals surface area contributed by atoms with E-state index < -0.39 is 22.8 Å². The molecular formula is C42H64N2O7. The van der Waals surface area contributed by atoms with E-state index in [1.807, 2.05) is 9.80 Å². The van der Waals surface area contributed by atoms with Crippen molar-refractivity contribution in [1.29, 1.82) is 0 Å². The summed E-state index contributed by atoms with van der Waals surface area (Å²) in [5.74, 6) is -0.397. The molecule has 1 aliphatic heterocycles. The van der Waals surface area contributed by atoms with Crippen LogP contribution in [-0.2, 0) is 28.7 Å². The number of carbonyl (C=O) groups excluding carboxylic acids is 4. The van der Waals surface area contributed by atoms with Crippen LogP contribution < -0.4 is 0 Å². The molecule has 9 heteroatoms. The number of rotatable bonds is 6. The molecule has 6 rings (SSSR count). The zero-order valence-electron chi connectivity index (χ0n) is 33.1. The van der Waals surface area contributed by atoms with Crippen LogP contribution in [0.4, 0.5) is 0 Å². The van der Waals surface area contributed by atoms with Crippen molar-refractivity contribution in [2.75, 3.05) is 26.2 Å². The van der Waals surface area contributed by atoms with E-state index in [0.717, 1.165) is 44.9 Å². The lowest BCUT2D eigenvalue weighted by Crippen LogP contribution is -2.64. The van der Waals surface area contributed by atoms with Gasteiger partial charge < -0.3 is 19.6 Å². The molecule has 0 radical (unpaired) electrons. The van der Waals surface area contributed by atoms with Gasteiger partial charge in [0, 0.05) is 50.9 Å². The third kappa shape index (κ3) is 5.54. The standard InChI is InChI=1S/C42H64N2O7/c1-25(2)33-28(46)23-42(35(48)44-21-19-43(20-22-44)26(3)45)18-17-40(9)27(34(33)42)11-12-30-39(8)15-14-31(51-32(47)24-37(4,5)36(49)50)38(6,7)29(39)13-16-41(30,40)10/h25,29-31,33H,11-24H2,1-10H3,(H,49,50)/t29-,30+,31-,33?,39-,40+,41+,42+/m0/s1. The number of ketones is 1. The number of Topliss-reactive ketones (excluding diaryl/α,β-unsaturated/α-hetero) is 1. The normalized spacial score (nSPS) is 39.2. The third-order valence-corrected chi connectivity index (χ3v) is 16.1. The molecule has 284 valence electrons. The maximum absolute atomic E-state index is 14.8. The van der Waals surface area contributed by atoms with Crippen LogP contribution in [-0.4, -0.2) is 76.7 Å². The summed E-state index contributed by atoms with van der Waals surface area (Å²) in [6, 6.07) is 0.